The van der Waals surface area contributed by atoms with Gasteiger partial charge >= 0.3 is 11.7 Å². The van der Waals surface area contributed by atoms with Crippen LogP contribution in [0.15, 0.2) is 76.7 Å². The third kappa shape index (κ3) is 6.93. The molecule has 0 unspecified atom stereocenters. The number of hydrogen-bond acceptors (Lipinski definition) is 10. The van der Waals surface area contributed by atoms with E-state index >= 15 is 0 Å². The topological polar surface area (TPSA) is 174 Å². The van der Waals surface area contributed by atoms with Crippen LogP contribution in [-0.2, 0) is 14.8 Å². The summed E-state index contributed by atoms with van der Waals surface area (Å²) in [6.07, 6.45) is 0. The Bertz CT molecular complexity index is 1520. The molecule has 3 aromatic carbocycles. The van der Waals surface area contributed by atoms with E-state index in [0.29, 0.717) is 0 Å². The number of benzene rings is 3. The molecule has 3 rings (SSSR count). The van der Waals surface area contributed by atoms with Crippen molar-refractivity contribution in [2.24, 2.45) is 5.10 Å². The summed E-state index contributed by atoms with van der Waals surface area (Å²) in [5.41, 5.74) is 2.91. The first kappa shape index (κ1) is 28.7. The molecule has 0 amide bonds. The monoisotopic (exact) mass is 555 g/mol. The van der Waals surface area contributed by atoms with E-state index < -0.39 is 37.2 Å². The zero-order chi connectivity index (χ0) is 28.7. The lowest BCUT2D eigenvalue weighted by Crippen LogP contribution is -2.35. The number of non-ortho nitro benzene ring substituents is 1. The van der Waals surface area contributed by atoms with Crippen molar-refractivity contribution in [1.29, 1.82) is 0 Å². The number of nitro groups is 2. The van der Waals surface area contributed by atoms with Crippen molar-refractivity contribution >= 4 is 44.5 Å². The SMILES string of the molecule is CCOC(=O)c1ccc(N(C/C(C)=N/Nc2ccc([N+](=O)[O-])cc2[N+](=O)[O-])S(=O)(=O)c2ccc(C)cc2)cc1. The molecule has 0 aliphatic heterocycles. The minimum atomic E-state index is -4.10. The van der Waals surface area contributed by atoms with E-state index in [1.165, 1.54) is 43.3 Å². The maximum atomic E-state index is 13.6. The van der Waals surface area contributed by atoms with Gasteiger partial charge in [-0.3, -0.25) is 30.0 Å². The highest BCUT2D eigenvalue weighted by Crippen LogP contribution is 2.29. The molecular weight excluding hydrogens is 530 g/mol. The second-order valence-electron chi connectivity index (χ2n) is 8.27. The van der Waals surface area contributed by atoms with Gasteiger partial charge in [-0.05, 0) is 63.2 Å². The Morgan fingerprint density at radius 3 is 2.21 bits per heavy atom. The van der Waals surface area contributed by atoms with E-state index in [1.54, 1.807) is 19.1 Å². The van der Waals surface area contributed by atoms with Crippen LogP contribution in [0, 0.1) is 27.2 Å². The van der Waals surface area contributed by atoms with E-state index in [2.05, 4.69) is 10.5 Å². The number of esters is 1. The predicted octanol–water partition coefficient (Wildman–Crippen LogP) is 4.67. The lowest BCUT2D eigenvalue weighted by molar-refractivity contribution is -0.393. The highest BCUT2D eigenvalue weighted by atomic mass is 32.2. The summed E-state index contributed by atoms with van der Waals surface area (Å²) in [4.78, 5) is 32.9. The molecule has 14 heteroatoms. The number of carbonyl (C=O) groups excluding carboxylic acids is 1. The number of carbonyl (C=O) groups is 1. The van der Waals surface area contributed by atoms with E-state index in [-0.39, 0.29) is 40.7 Å². The zero-order valence-corrected chi connectivity index (χ0v) is 22.0. The fourth-order valence-electron chi connectivity index (χ4n) is 3.41. The van der Waals surface area contributed by atoms with Crippen molar-refractivity contribution in [1.82, 2.24) is 0 Å². The highest BCUT2D eigenvalue weighted by molar-refractivity contribution is 7.92. The smallest absolute Gasteiger partial charge is 0.338 e. The van der Waals surface area contributed by atoms with Crippen LogP contribution in [0.25, 0.3) is 0 Å². The summed E-state index contributed by atoms with van der Waals surface area (Å²) < 4.78 is 33.3. The fourth-order valence-corrected chi connectivity index (χ4v) is 4.90. The fraction of sp³-hybridized carbons (Fsp3) is 0.200. The van der Waals surface area contributed by atoms with E-state index in [4.69, 9.17) is 4.74 Å². The Morgan fingerprint density at radius 2 is 1.64 bits per heavy atom. The summed E-state index contributed by atoms with van der Waals surface area (Å²) in [6, 6.07) is 15.1. The normalized spacial score (nSPS) is 11.5. The molecular formula is C25H25N5O8S. The molecule has 0 radical (unpaired) electrons. The molecule has 0 aliphatic rings. The highest BCUT2D eigenvalue weighted by Gasteiger charge is 2.26. The number of hydrazone groups is 1. The van der Waals surface area contributed by atoms with Gasteiger partial charge in [0.25, 0.3) is 15.7 Å². The van der Waals surface area contributed by atoms with Crippen molar-refractivity contribution < 1.29 is 27.8 Å². The third-order valence-corrected chi connectivity index (χ3v) is 7.19. The van der Waals surface area contributed by atoms with Gasteiger partial charge in [-0.25, -0.2) is 13.2 Å². The average molecular weight is 556 g/mol. The molecule has 0 bridgehead atoms. The largest absolute Gasteiger partial charge is 0.462 e. The van der Waals surface area contributed by atoms with E-state index in [9.17, 15) is 33.4 Å². The molecule has 0 atom stereocenters. The first-order valence-electron chi connectivity index (χ1n) is 11.5. The Morgan fingerprint density at radius 1 is 1.00 bits per heavy atom. The quantitative estimate of drug-likeness (QED) is 0.152. The number of sulfonamides is 1. The Balaban J connectivity index is 1.97. The number of anilines is 2. The lowest BCUT2D eigenvalue weighted by atomic mass is 10.2. The van der Waals surface area contributed by atoms with Gasteiger partial charge in [0.1, 0.15) is 5.69 Å². The Labute approximate surface area is 224 Å². The second-order valence-corrected chi connectivity index (χ2v) is 10.1. The Kier molecular flexibility index (Phi) is 8.93. The van der Waals surface area contributed by atoms with Crippen LogP contribution in [0.5, 0.6) is 0 Å². The molecule has 13 nitrogen and oxygen atoms in total. The number of aryl methyl sites for hydroxylation is 1. The summed E-state index contributed by atoms with van der Waals surface area (Å²) in [6.45, 7) is 4.92. The van der Waals surface area contributed by atoms with Crippen LogP contribution in [0.4, 0.5) is 22.7 Å². The number of hydrogen-bond donors (Lipinski definition) is 1. The number of rotatable bonds is 11. The standard InChI is InChI=1S/C25H25N5O8S/c1-4-38-25(31)19-7-9-20(10-8-19)28(39(36,37)22-12-5-17(2)6-13-22)16-18(3)26-27-23-14-11-21(29(32)33)15-24(23)30(34)35/h5-15,27H,4,16H2,1-3H3/b26-18+. The van der Waals surface area contributed by atoms with Crippen LogP contribution in [0.2, 0.25) is 0 Å². The maximum Gasteiger partial charge on any atom is 0.338 e. The van der Waals surface area contributed by atoms with Crippen LogP contribution in [-0.4, -0.2) is 43.1 Å². The molecule has 0 spiro atoms. The minimum Gasteiger partial charge on any atom is -0.462 e. The second kappa shape index (κ2) is 12.1. The molecule has 3 aromatic rings. The van der Waals surface area contributed by atoms with Crippen LogP contribution < -0.4 is 9.73 Å². The van der Waals surface area contributed by atoms with Gasteiger partial charge in [-0.1, -0.05) is 17.7 Å². The molecule has 0 aliphatic carbocycles. The third-order valence-electron chi connectivity index (χ3n) is 5.40. The van der Waals surface area contributed by atoms with Crippen LogP contribution in [0.3, 0.4) is 0 Å². The average Bonchev–Trinajstić information content (AvgIpc) is 2.90. The molecule has 0 saturated carbocycles. The number of nitro benzene ring substituents is 2. The van der Waals surface area contributed by atoms with E-state index in [1.807, 2.05) is 6.92 Å². The predicted molar refractivity (Wildman–Crippen MR) is 145 cm³/mol. The lowest BCUT2D eigenvalue weighted by Gasteiger charge is -2.25. The first-order valence-corrected chi connectivity index (χ1v) is 13.0. The van der Waals surface area contributed by atoms with Crippen LogP contribution >= 0.6 is 0 Å². The van der Waals surface area contributed by atoms with Crippen molar-refractivity contribution in [3.8, 4) is 0 Å². The van der Waals surface area contributed by atoms with Crippen molar-refractivity contribution in [2.45, 2.75) is 25.7 Å². The van der Waals surface area contributed by atoms with Gasteiger partial charge in [0, 0.05) is 6.07 Å². The minimum absolute atomic E-state index is 0.0225. The Hall–Kier alpha value is -4.85. The zero-order valence-electron chi connectivity index (χ0n) is 21.2. The molecule has 1 N–H and O–H groups in total. The molecule has 0 aromatic heterocycles. The van der Waals surface area contributed by atoms with Gasteiger partial charge in [0.2, 0.25) is 0 Å². The molecule has 0 fully saturated rings. The van der Waals surface area contributed by atoms with Crippen molar-refractivity contribution in [3.63, 3.8) is 0 Å². The van der Waals surface area contributed by atoms with Crippen molar-refractivity contribution in [3.05, 3.63) is 98.1 Å². The number of ether oxygens (including phenoxy) is 1. The summed E-state index contributed by atoms with van der Waals surface area (Å²) in [5, 5.41) is 26.5. The molecule has 0 heterocycles. The number of nitrogens with one attached hydrogen (secondary N) is 1. The van der Waals surface area contributed by atoms with Gasteiger partial charge in [0.15, 0.2) is 0 Å². The maximum absolute atomic E-state index is 13.6. The number of nitrogens with zero attached hydrogens (tertiary/aromatic N) is 4. The van der Waals surface area contributed by atoms with Gasteiger partial charge < -0.3 is 4.74 Å². The summed E-state index contributed by atoms with van der Waals surface area (Å²) >= 11 is 0. The van der Waals surface area contributed by atoms with Gasteiger partial charge in [-0.2, -0.15) is 5.10 Å². The summed E-state index contributed by atoms with van der Waals surface area (Å²) in [7, 11) is -4.10. The summed E-state index contributed by atoms with van der Waals surface area (Å²) in [5.74, 6) is -0.552. The van der Waals surface area contributed by atoms with E-state index in [0.717, 1.165) is 28.1 Å². The van der Waals surface area contributed by atoms with Gasteiger partial charge in [-0.15, -0.1) is 0 Å². The molecule has 204 valence electrons. The van der Waals surface area contributed by atoms with Crippen molar-refractivity contribution in [2.75, 3.05) is 22.9 Å². The molecule has 0 saturated heterocycles. The first-order chi connectivity index (χ1) is 18.4. The van der Waals surface area contributed by atoms with Crippen LogP contribution in [0.1, 0.15) is 29.8 Å². The molecule has 39 heavy (non-hydrogen) atoms. The van der Waals surface area contributed by atoms with Gasteiger partial charge in [0.05, 0.1) is 50.9 Å².